The van der Waals surface area contributed by atoms with E-state index in [1.807, 2.05) is 30.3 Å². The van der Waals surface area contributed by atoms with Gasteiger partial charge in [-0.3, -0.25) is 4.98 Å². The van der Waals surface area contributed by atoms with Crippen LogP contribution in [0.15, 0.2) is 60.8 Å². The maximum absolute atomic E-state index is 12.0. The number of nitrogens with one attached hydrogen (secondary N) is 1. The Balaban J connectivity index is 1.49. The highest BCUT2D eigenvalue weighted by atomic mass is 35.5. The SMILES string of the molecule is O=S(=O)(Cc1ccc(Cl)cc1)NCC#CCOc1cccc2cccnc12. The molecular weight excluding hydrogens is 384 g/mol. The number of benzene rings is 2. The fourth-order valence-corrected chi connectivity index (χ4v) is 3.57. The quantitative estimate of drug-likeness (QED) is 0.644. The van der Waals surface area contributed by atoms with Crippen molar-refractivity contribution in [2.75, 3.05) is 13.2 Å². The van der Waals surface area contributed by atoms with Crippen LogP contribution in [0, 0.1) is 11.8 Å². The van der Waals surface area contributed by atoms with Crippen LogP contribution in [0.4, 0.5) is 0 Å². The van der Waals surface area contributed by atoms with Gasteiger partial charge >= 0.3 is 0 Å². The minimum absolute atomic E-state index is 0.0209. The molecule has 0 amide bonds. The Morgan fingerprint density at radius 2 is 1.81 bits per heavy atom. The van der Waals surface area contributed by atoms with Gasteiger partial charge in [-0.1, -0.05) is 53.8 Å². The maximum atomic E-state index is 12.0. The van der Waals surface area contributed by atoms with Crippen molar-refractivity contribution in [2.24, 2.45) is 0 Å². The number of nitrogens with zero attached hydrogens (tertiary/aromatic N) is 1. The summed E-state index contributed by atoms with van der Waals surface area (Å²) in [5.41, 5.74) is 1.43. The molecule has 138 valence electrons. The van der Waals surface area contributed by atoms with E-state index in [4.69, 9.17) is 16.3 Å². The topological polar surface area (TPSA) is 68.3 Å². The predicted molar refractivity (Wildman–Crippen MR) is 107 cm³/mol. The number of hydrogen-bond acceptors (Lipinski definition) is 4. The lowest BCUT2D eigenvalue weighted by atomic mass is 10.2. The molecule has 0 radical (unpaired) electrons. The maximum Gasteiger partial charge on any atom is 0.216 e. The molecule has 0 saturated heterocycles. The van der Waals surface area contributed by atoms with Crippen molar-refractivity contribution < 1.29 is 13.2 Å². The van der Waals surface area contributed by atoms with E-state index in [-0.39, 0.29) is 18.9 Å². The Labute approximate surface area is 163 Å². The van der Waals surface area contributed by atoms with Gasteiger partial charge in [-0.05, 0) is 29.8 Å². The molecule has 5 nitrogen and oxygen atoms in total. The average Bonchev–Trinajstić information content (AvgIpc) is 2.66. The van der Waals surface area contributed by atoms with Gasteiger partial charge in [-0.2, -0.15) is 0 Å². The van der Waals surface area contributed by atoms with E-state index in [2.05, 4.69) is 21.5 Å². The van der Waals surface area contributed by atoms with Gasteiger partial charge in [-0.25, -0.2) is 13.1 Å². The molecule has 2 aromatic carbocycles. The van der Waals surface area contributed by atoms with Crippen molar-refractivity contribution in [3.8, 4) is 17.6 Å². The van der Waals surface area contributed by atoms with Gasteiger partial charge in [-0.15, -0.1) is 0 Å². The summed E-state index contributed by atoms with van der Waals surface area (Å²) in [6, 6.07) is 16.2. The van der Waals surface area contributed by atoms with E-state index in [0.29, 0.717) is 16.3 Å². The van der Waals surface area contributed by atoms with Gasteiger partial charge < -0.3 is 4.74 Å². The Kier molecular flexibility index (Phi) is 6.30. The summed E-state index contributed by atoms with van der Waals surface area (Å²) in [5.74, 6) is 6.07. The highest BCUT2D eigenvalue weighted by molar-refractivity contribution is 7.88. The number of aromatic nitrogens is 1. The average molecular weight is 401 g/mol. The van der Waals surface area contributed by atoms with Gasteiger partial charge in [0.2, 0.25) is 10.0 Å². The lowest BCUT2D eigenvalue weighted by Gasteiger charge is -2.05. The van der Waals surface area contributed by atoms with Gasteiger partial charge in [0, 0.05) is 16.6 Å². The molecule has 27 heavy (non-hydrogen) atoms. The molecule has 0 aliphatic carbocycles. The van der Waals surface area contributed by atoms with Gasteiger partial charge in [0.25, 0.3) is 0 Å². The van der Waals surface area contributed by atoms with E-state index in [1.165, 1.54) is 0 Å². The normalized spacial score (nSPS) is 11.0. The molecule has 1 aromatic heterocycles. The third kappa shape index (κ3) is 5.69. The first-order valence-electron chi connectivity index (χ1n) is 8.17. The van der Waals surface area contributed by atoms with Crippen LogP contribution in [0.1, 0.15) is 5.56 Å². The molecule has 7 heteroatoms. The summed E-state index contributed by atoms with van der Waals surface area (Å²) >= 11 is 5.79. The summed E-state index contributed by atoms with van der Waals surface area (Å²) in [6.45, 7) is 0.168. The van der Waals surface area contributed by atoms with Crippen LogP contribution in [-0.4, -0.2) is 26.6 Å². The summed E-state index contributed by atoms with van der Waals surface area (Å²) in [5, 5.41) is 1.55. The molecule has 1 heterocycles. The fraction of sp³-hybridized carbons (Fsp3) is 0.150. The third-order valence-electron chi connectivity index (χ3n) is 3.67. The van der Waals surface area contributed by atoms with Gasteiger partial charge in [0.05, 0.1) is 12.3 Å². The highest BCUT2D eigenvalue weighted by Crippen LogP contribution is 2.22. The van der Waals surface area contributed by atoms with E-state index >= 15 is 0 Å². The predicted octanol–water partition coefficient (Wildman–Crippen LogP) is 3.39. The zero-order chi connectivity index (χ0) is 19.1. The van der Waals surface area contributed by atoms with Gasteiger partial charge in [0.1, 0.15) is 17.9 Å². The number of halogens is 1. The summed E-state index contributed by atoms with van der Waals surface area (Å²) in [7, 11) is -3.46. The van der Waals surface area contributed by atoms with E-state index in [1.54, 1.807) is 30.5 Å². The molecule has 1 N–H and O–H groups in total. The number of hydrogen-bond donors (Lipinski definition) is 1. The zero-order valence-electron chi connectivity index (χ0n) is 14.4. The van der Waals surface area contributed by atoms with Crippen molar-refractivity contribution in [3.63, 3.8) is 0 Å². The van der Waals surface area contributed by atoms with Crippen molar-refractivity contribution in [2.45, 2.75) is 5.75 Å². The minimum atomic E-state index is -3.46. The Morgan fingerprint density at radius 1 is 1.04 bits per heavy atom. The molecule has 0 spiro atoms. The molecule has 3 rings (SSSR count). The standard InChI is InChI=1S/C20H17ClN2O3S/c21-18-10-8-16(9-11-18)15-27(24,25)23-13-1-2-14-26-19-7-3-5-17-6-4-12-22-20(17)19/h3-12,23H,13-15H2. The Bertz CT molecular complexity index is 1080. The van der Waals surface area contributed by atoms with Crippen LogP contribution >= 0.6 is 11.6 Å². The van der Waals surface area contributed by atoms with E-state index in [0.717, 1.165) is 10.9 Å². The molecule has 0 aliphatic rings. The first-order chi connectivity index (χ1) is 13.0. The first-order valence-corrected chi connectivity index (χ1v) is 10.2. The number of fused-ring (bicyclic) bond motifs is 1. The summed E-state index contributed by atoms with van der Waals surface area (Å²) < 4.78 is 32.1. The van der Waals surface area contributed by atoms with Crippen molar-refractivity contribution in [1.29, 1.82) is 0 Å². The van der Waals surface area contributed by atoms with Crippen LogP contribution in [0.5, 0.6) is 5.75 Å². The van der Waals surface area contributed by atoms with Crippen LogP contribution in [0.2, 0.25) is 5.02 Å². The lowest BCUT2D eigenvalue weighted by Crippen LogP contribution is -2.25. The lowest BCUT2D eigenvalue weighted by molar-refractivity contribution is 0.374. The van der Waals surface area contributed by atoms with E-state index < -0.39 is 10.0 Å². The molecule has 3 aromatic rings. The number of ether oxygens (including phenoxy) is 1. The van der Waals surface area contributed by atoms with Crippen LogP contribution in [0.25, 0.3) is 10.9 Å². The number of sulfonamides is 1. The second-order valence-corrected chi connectivity index (χ2v) is 7.92. The molecular formula is C20H17ClN2O3S. The minimum Gasteiger partial charge on any atom is -0.479 e. The largest absolute Gasteiger partial charge is 0.479 e. The molecule has 0 unspecified atom stereocenters. The van der Waals surface area contributed by atoms with Gasteiger partial charge in [0.15, 0.2) is 0 Å². The van der Waals surface area contributed by atoms with Crippen molar-refractivity contribution in [3.05, 3.63) is 71.4 Å². The monoisotopic (exact) mass is 400 g/mol. The van der Waals surface area contributed by atoms with E-state index in [9.17, 15) is 8.42 Å². The van der Waals surface area contributed by atoms with Crippen LogP contribution in [-0.2, 0) is 15.8 Å². The summed E-state index contributed by atoms with van der Waals surface area (Å²) in [4.78, 5) is 4.30. The fourth-order valence-electron chi connectivity index (χ4n) is 2.42. The second-order valence-electron chi connectivity index (χ2n) is 5.68. The number of pyridine rings is 1. The number of rotatable bonds is 6. The van der Waals surface area contributed by atoms with Crippen LogP contribution in [0.3, 0.4) is 0 Å². The number of para-hydroxylation sites is 1. The van der Waals surface area contributed by atoms with Crippen LogP contribution < -0.4 is 9.46 Å². The third-order valence-corrected chi connectivity index (χ3v) is 5.22. The smallest absolute Gasteiger partial charge is 0.216 e. The first kappa shape index (κ1) is 19.2. The molecule has 0 fully saturated rings. The highest BCUT2D eigenvalue weighted by Gasteiger charge is 2.10. The second kappa shape index (κ2) is 8.87. The Morgan fingerprint density at radius 3 is 2.63 bits per heavy atom. The molecule has 0 aliphatic heterocycles. The zero-order valence-corrected chi connectivity index (χ0v) is 15.9. The molecule has 0 saturated carbocycles. The molecule has 0 bridgehead atoms. The van der Waals surface area contributed by atoms with Crippen molar-refractivity contribution >= 4 is 32.5 Å². The van der Waals surface area contributed by atoms with Crippen molar-refractivity contribution in [1.82, 2.24) is 9.71 Å². The summed E-state index contributed by atoms with van der Waals surface area (Å²) in [6.07, 6.45) is 1.70. The Hall–Kier alpha value is -2.59. The molecule has 0 atom stereocenters.